The van der Waals surface area contributed by atoms with Crippen LogP contribution in [0, 0.1) is 17.8 Å². The second-order valence-electron chi connectivity index (χ2n) is 13.8. The van der Waals surface area contributed by atoms with Crippen LogP contribution in [-0.4, -0.2) is 95.9 Å². The predicted molar refractivity (Wildman–Crippen MR) is 196 cm³/mol. The largest absolute Gasteiger partial charge is 0.493 e. The number of fused-ring (bicyclic) bond motifs is 2. The summed E-state index contributed by atoms with van der Waals surface area (Å²) < 4.78 is 11.4. The molecule has 6 rings (SSSR count). The number of rotatable bonds is 12. The third kappa shape index (κ3) is 8.17. The van der Waals surface area contributed by atoms with Gasteiger partial charge in [0.25, 0.3) is 11.8 Å². The van der Waals surface area contributed by atoms with Crippen LogP contribution in [0.5, 0.6) is 11.5 Å². The molecular formula is C40H46N6O6. The summed E-state index contributed by atoms with van der Waals surface area (Å²) in [7, 11) is 3.09. The smallest absolute Gasteiger partial charge is 0.254 e. The quantitative estimate of drug-likeness (QED) is 0.224. The number of aryl methyl sites for hydroxylation is 1. The maximum absolute atomic E-state index is 14.3. The summed E-state index contributed by atoms with van der Waals surface area (Å²) in [4.78, 5) is 67.4. The Bertz CT molecular complexity index is 1920. The van der Waals surface area contributed by atoms with Crippen molar-refractivity contribution >= 4 is 34.7 Å². The second kappa shape index (κ2) is 16.2. The van der Waals surface area contributed by atoms with Crippen LogP contribution in [0.2, 0.25) is 0 Å². The topological polar surface area (TPSA) is 143 Å². The Kier molecular flexibility index (Phi) is 11.3. The number of nitrogens with one attached hydrogen (secondary N) is 2. The molecule has 0 spiro atoms. The molecule has 2 aliphatic heterocycles. The second-order valence-corrected chi connectivity index (χ2v) is 13.8. The number of hydrogen-bond donors (Lipinski definition) is 2. The predicted octanol–water partition coefficient (Wildman–Crippen LogP) is 4.14. The van der Waals surface area contributed by atoms with Gasteiger partial charge in [0.2, 0.25) is 11.8 Å². The standard InChI is InChI=1S/C40H46N6O6/c1-25(2)52-35-16-14-28(20-36(35)51-4)40(50)45-21-29-22-46(39(49)27-13-15-32-34(19-27)43-18-17-42-32)24-31(30(29)23-45)37(47)44-33(38(48)41-3)12-8-11-26-9-6-5-7-10-26/h5-7,9-10,13-20,25,29-31,33H,8,11-12,21-24H2,1-4H3,(H,41,48)(H,44,47). The molecule has 4 unspecified atom stereocenters. The summed E-state index contributed by atoms with van der Waals surface area (Å²) in [6.07, 6.45) is 5.02. The van der Waals surface area contributed by atoms with Crippen molar-refractivity contribution in [3.63, 3.8) is 0 Å². The third-order valence-corrected chi connectivity index (χ3v) is 9.96. The Labute approximate surface area is 303 Å². The summed E-state index contributed by atoms with van der Waals surface area (Å²) >= 11 is 0. The molecular weight excluding hydrogens is 660 g/mol. The van der Waals surface area contributed by atoms with E-state index in [-0.39, 0.29) is 48.1 Å². The molecule has 4 atom stereocenters. The van der Waals surface area contributed by atoms with Gasteiger partial charge in [0, 0.05) is 56.7 Å². The minimum atomic E-state index is -0.747. The number of amides is 4. The molecule has 2 N–H and O–H groups in total. The zero-order valence-electron chi connectivity index (χ0n) is 30.1. The highest BCUT2D eigenvalue weighted by atomic mass is 16.5. The molecule has 3 aromatic carbocycles. The maximum atomic E-state index is 14.3. The third-order valence-electron chi connectivity index (χ3n) is 9.96. The molecule has 0 aliphatic carbocycles. The van der Waals surface area contributed by atoms with E-state index in [1.165, 1.54) is 7.11 Å². The van der Waals surface area contributed by atoms with Crippen LogP contribution in [0.25, 0.3) is 11.0 Å². The van der Waals surface area contributed by atoms with E-state index in [4.69, 9.17) is 9.47 Å². The summed E-state index contributed by atoms with van der Waals surface area (Å²) in [6, 6.07) is 19.6. The number of benzene rings is 3. The Morgan fingerprint density at radius 2 is 1.50 bits per heavy atom. The van der Waals surface area contributed by atoms with Crippen molar-refractivity contribution in [3.8, 4) is 11.5 Å². The van der Waals surface area contributed by atoms with Crippen LogP contribution in [0.15, 0.2) is 79.1 Å². The molecule has 2 fully saturated rings. The fraction of sp³-hybridized carbons (Fsp3) is 0.400. The number of piperidine rings is 1. The molecule has 2 aliphatic rings. The van der Waals surface area contributed by atoms with E-state index in [1.807, 2.05) is 44.2 Å². The van der Waals surface area contributed by atoms with Crippen molar-refractivity contribution in [1.82, 2.24) is 30.4 Å². The normalized spacial score (nSPS) is 18.8. The molecule has 4 amide bonds. The Hall–Kier alpha value is -5.52. The molecule has 12 heteroatoms. The number of ether oxygens (including phenoxy) is 2. The molecule has 12 nitrogen and oxygen atoms in total. The average molecular weight is 707 g/mol. The summed E-state index contributed by atoms with van der Waals surface area (Å²) in [5, 5.41) is 5.73. The maximum Gasteiger partial charge on any atom is 0.254 e. The molecule has 0 saturated carbocycles. The lowest BCUT2D eigenvalue weighted by Gasteiger charge is -2.40. The van der Waals surface area contributed by atoms with Crippen molar-refractivity contribution in [2.45, 2.75) is 45.3 Å². The number of carbonyl (C=O) groups excluding carboxylic acids is 4. The van der Waals surface area contributed by atoms with E-state index in [1.54, 1.807) is 65.6 Å². The highest BCUT2D eigenvalue weighted by molar-refractivity contribution is 5.98. The number of carbonyl (C=O) groups is 4. The van der Waals surface area contributed by atoms with Gasteiger partial charge in [-0.15, -0.1) is 0 Å². The van der Waals surface area contributed by atoms with Crippen LogP contribution in [0.1, 0.15) is 53.0 Å². The Morgan fingerprint density at radius 3 is 2.19 bits per heavy atom. The first-order chi connectivity index (χ1) is 25.1. The Balaban J connectivity index is 1.24. The number of hydrogen-bond acceptors (Lipinski definition) is 8. The lowest BCUT2D eigenvalue weighted by Crippen LogP contribution is -2.56. The van der Waals surface area contributed by atoms with Crippen LogP contribution in [0.3, 0.4) is 0 Å². The monoisotopic (exact) mass is 706 g/mol. The van der Waals surface area contributed by atoms with Crippen molar-refractivity contribution in [2.24, 2.45) is 17.8 Å². The SMILES string of the molecule is CNC(=O)C(CCCc1ccccc1)NC(=O)C1CN(C(=O)c2ccc3nccnc3c2)CC2CN(C(=O)c3ccc(OC(C)C)c(OC)c3)CC21. The van der Waals surface area contributed by atoms with Crippen LogP contribution in [-0.2, 0) is 16.0 Å². The van der Waals surface area contributed by atoms with E-state index in [0.29, 0.717) is 66.1 Å². The van der Waals surface area contributed by atoms with Gasteiger partial charge in [-0.1, -0.05) is 30.3 Å². The minimum absolute atomic E-state index is 0.0692. The van der Waals surface area contributed by atoms with E-state index in [2.05, 4.69) is 20.6 Å². The minimum Gasteiger partial charge on any atom is -0.493 e. The van der Waals surface area contributed by atoms with Gasteiger partial charge in [-0.2, -0.15) is 0 Å². The first kappa shape index (κ1) is 36.3. The van der Waals surface area contributed by atoms with Crippen LogP contribution >= 0.6 is 0 Å². The molecule has 1 aromatic heterocycles. The summed E-state index contributed by atoms with van der Waals surface area (Å²) in [5.41, 5.74) is 3.31. The fourth-order valence-electron chi connectivity index (χ4n) is 7.38. The van der Waals surface area contributed by atoms with E-state index in [9.17, 15) is 19.2 Å². The molecule has 2 saturated heterocycles. The number of nitrogens with zero attached hydrogens (tertiary/aromatic N) is 4. The number of aromatic nitrogens is 2. The molecule has 272 valence electrons. The zero-order valence-corrected chi connectivity index (χ0v) is 30.1. The van der Waals surface area contributed by atoms with Gasteiger partial charge in [0.1, 0.15) is 6.04 Å². The number of likely N-dealkylation sites (N-methyl/N-ethyl adjacent to an activating group) is 1. The molecule has 3 heterocycles. The molecule has 0 bridgehead atoms. The zero-order chi connectivity index (χ0) is 36.8. The van der Waals surface area contributed by atoms with Crippen LogP contribution < -0.4 is 20.1 Å². The first-order valence-electron chi connectivity index (χ1n) is 17.8. The highest BCUT2D eigenvalue weighted by Crippen LogP contribution is 2.38. The average Bonchev–Trinajstić information content (AvgIpc) is 3.60. The summed E-state index contributed by atoms with van der Waals surface area (Å²) in [6.45, 7) is 5.05. The van der Waals surface area contributed by atoms with E-state index < -0.39 is 12.0 Å². The highest BCUT2D eigenvalue weighted by Gasteiger charge is 2.48. The van der Waals surface area contributed by atoms with Gasteiger partial charge in [0.15, 0.2) is 11.5 Å². The fourth-order valence-corrected chi connectivity index (χ4v) is 7.38. The van der Waals surface area contributed by atoms with Crippen LogP contribution in [0.4, 0.5) is 0 Å². The number of methoxy groups -OCH3 is 1. The van der Waals surface area contributed by atoms with Crippen molar-refractivity contribution in [3.05, 3.63) is 95.8 Å². The van der Waals surface area contributed by atoms with Gasteiger partial charge in [-0.3, -0.25) is 29.1 Å². The lowest BCUT2D eigenvalue weighted by atomic mass is 9.79. The van der Waals surface area contributed by atoms with Gasteiger partial charge < -0.3 is 29.9 Å². The van der Waals surface area contributed by atoms with Crippen molar-refractivity contribution in [2.75, 3.05) is 40.3 Å². The number of likely N-dealkylation sites (tertiary alicyclic amines) is 2. The van der Waals surface area contributed by atoms with E-state index >= 15 is 0 Å². The molecule has 4 aromatic rings. The van der Waals surface area contributed by atoms with Gasteiger partial charge >= 0.3 is 0 Å². The van der Waals surface area contributed by atoms with E-state index in [0.717, 1.165) is 12.0 Å². The summed E-state index contributed by atoms with van der Waals surface area (Å²) in [5.74, 6) is -1.06. The Morgan fingerprint density at radius 1 is 0.827 bits per heavy atom. The van der Waals surface area contributed by atoms with Gasteiger partial charge in [-0.25, -0.2) is 0 Å². The first-order valence-corrected chi connectivity index (χ1v) is 17.8. The van der Waals surface area contributed by atoms with Crippen molar-refractivity contribution in [1.29, 1.82) is 0 Å². The van der Waals surface area contributed by atoms with Gasteiger partial charge in [-0.05, 0) is 86.9 Å². The van der Waals surface area contributed by atoms with Crippen molar-refractivity contribution < 1.29 is 28.7 Å². The lowest BCUT2D eigenvalue weighted by molar-refractivity contribution is -0.133. The molecule has 0 radical (unpaired) electrons. The van der Waals surface area contributed by atoms with Gasteiger partial charge in [0.05, 0.1) is 30.2 Å². The molecule has 52 heavy (non-hydrogen) atoms.